The minimum Gasteiger partial charge on any atom is -0.169 e. The molecule has 0 radical (unpaired) electrons. The molecule has 0 nitrogen and oxygen atoms in total. The van der Waals surface area contributed by atoms with Gasteiger partial charge in [-0.25, -0.2) is 0 Å². The lowest BCUT2D eigenvalue weighted by Crippen LogP contribution is -2.39. The first kappa shape index (κ1) is 15.9. The van der Waals surface area contributed by atoms with E-state index in [2.05, 4.69) is 0 Å². The zero-order valence-electron chi connectivity index (χ0n) is 11.8. The molecule has 0 saturated carbocycles. The van der Waals surface area contributed by atoms with Crippen molar-refractivity contribution in [1.82, 2.24) is 0 Å². The van der Waals surface area contributed by atoms with Crippen molar-refractivity contribution in [2.45, 2.75) is 31.3 Å². The van der Waals surface area contributed by atoms with Gasteiger partial charge in [-0.05, 0) is 30.5 Å². The Morgan fingerprint density at radius 2 is 1.57 bits per heavy atom. The molecular formula is C17H16ClF3. The van der Waals surface area contributed by atoms with Crippen LogP contribution in [0.25, 0.3) is 0 Å². The van der Waals surface area contributed by atoms with E-state index in [9.17, 15) is 13.2 Å². The van der Waals surface area contributed by atoms with Gasteiger partial charge in [0, 0.05) is 6.42 Å². The number of halogens is 4. The molecular weight excluding hydrogens is 297 g/mol. The molecule has 0 spiro atoms. The average molecular weight is 313 g/mol. The van der Waals surface area contributed by atoms with Gasteiger partial charge >= 0.3 is 6.18 Å². The number of hydrogen-bond donors (Lipinski definition) is 0. The maximum Gasteiger partial charge on any atom is 0.412 e. The van der Waals surface area contributed by atoms with E-state index in [1.54, 1.807) is 37.3 Å². The Morgan fingerprint density at radius 1 is 0.952 bits per heavy atom. The fourth-order valence-corrected chi connectivity index (χ4v) is 2.64. The fraction of sp³-hybridized carbons (Fsp3) is 0.294. The summed E-state index contributed by atoms with van der Waals surface area (Å²) in [7, 11) is 0. The summed E-state index contributed by atoms with van der Waals surface area (Å²) in [4.78, 5) is -2.41. The largest absolute Gasteiger partial charge is 0.412 e. The Balaban J connectivity index is 2.47. The van der Waals surface area contributed by atoms with Crippen LogP contribution < -0.4 is 0 Å². The SMILES string of the molecule is Cc1ccc(CC(Cl)(c2ccccc2)C(F)(F)F)c(C)c1. The summed E-state index contributed by atoms with van der Waals surface area (Å²) in [6.07, 6.45) is -4.82. The molecule has 21 heavy (non-hydrogen) atoms. The van der Waals surface area contributed by atoms with Gasteiger partial charge in [0.1, 0.15) is 0 Å². The van der Waals surface area contributed by atoms with Gasteiger partial charge in [-0.1, -0.05) is 54.1 Å². The molecule has 0 amide bonds. The normalized spacial score (nSPS) is 14.8. The maximum atomic E-state index is 13.6. The minimum atomic E-state index is -4.53. The van der Waals surface area contributed by atoms with E-state index in [1.165, 1.54) is 12.1 Å². The van der Waals surface area contributed by atoms with Gasteiger partial charge in [0.2, 0.25) is 0 Å². The van der Waals surface area contributed by atoms with Crippen LogP contribution in [0.5, 0.6) is 0 Å². The molecule has 1 atom stereocenters. The van der Waals surface area contributed by atoms with Crippen LogP contribution in [0.4, 0.5) is 13.2 Å². The van der Waals surface area contributed by atoms with Gasteiger partial charge in [-0.3, -0.25) is 0 Å². The van der Waals surface area contributed by atoms with Crippen molar-refractivity contribution in [3.05, 3.63) is 70.8 Å². The van der Waals surface area contributed by atoms with E-state index in [-0.39, 0.29) is 12.0 Å². The third-order valence-electron chi connectivity index (χ3n) is 3.61. The second-order valence-electron chi connectivity index (χ2n) is 5.27. The van der Waals surface area contributed by atoms with E-state index >= 15 is 0 Å². The second kappa shape index (κ2) is 5.72. The summed E-state index contributed by atoms with van der Waals surface area (Å²) < 4.78 is 40.7. The highest BCUT2D eigenvalue weighted by Gasteiger charge is 2.54. The molecule has 2 aromatic carbocycles. The Morgan fingerprint density at radius 3 is 2.10 bits per heavy atom. The van der Waals surface area contributed by atoms with E-state index in [0.29, 0.717) is 5.56 Å². The van der Waals surface area contributed by atoms with Crippen molar-refractivity contribution in [2.75, 3.05) is 0 Å². The van der Waals surface area contributed by atoms with Crippen LogP contribution in [0.1, 0.15) is 22.3 Å². The molecule has 0 fully saturated rings. The molecule has 2 rings (SSSR count). The zero-order valence-corrected chi connectivity index (χ0v) is 12.6. The van der Waals surface area contributed by atoms with Crippen molar-refractivity contribution < 1.29 is 13.2 Å². The van der Waals surface area contributed by atoms with Crippen molar-refractivity contribution in [2.24, 2.45) is 0 Å². The van der Waals surface area contributed by atoms with Gasteiger partial charge in [-0.15, -0.1) is 11.6 Å². The molecule has 2 aromatic rings. The highest BCUT2D eigenvalue weighted by atomic mass is 35.5. The number of rotatable bonds is 3. The summed E-state index contributed by atoms with van der Waals surface area (Å²) in [5.41, 5.74) is 2.51. The summed E-state index contributed by atoms with van der Waals surface area (Å²) in [6.45, 7) is 3.71. The van der Waals surface area contributed by atoms with Crippen LogP contribution in [0.15, 0.2) is 48.5 Å². The highest BCUT2D eigenvalue weighted by molar-refractivity contribution is 6.24. The molecule has 0 saturated heterocycles. The van der Waals surface area contributed by atoms with Crippen LogP contribution >= 0.6 is 11.6 Å². The Bertz CT molecular complexity index is 620. The summed E-state index contributed by atoms with van der Waals surface area (Å²) >= 11 is 6.06. The highest BCUT2D eigenvalue weighted by Crippen LogP contribution is 2.47. The standard InChI is InChI=1S/C17H16ClF3/c1-12-8-9-14(13(2)10-12)11-16(18,17(19,20)21)15-6-4-3-5-7-15/h3-10H,11H2,1-2H3. The van der Waals surface area contributed by atoms with Crippen molar-refractivity contribution >= 4 is 11.6 Å². The van der Waals surface area contributed by atoms with Gasteiger partial charge < -0.3 is 0 Å². The van der Waals surface area contributed by atoms with E-state index in [1.807, 2.05) is 13.0 Å². The minimum absolute atomic E-state index is 0.0686. The first-order chi connectivity index (χ1) is 9.74. The van der Waals surface area contributed by atoms with Crippen LogP contribution in [-0.4, -0.2) is 6.18 Å². The first-order valence-corrected chi connectivity index (χ1v) is 6.99. The Kier molecular flexibility index (Phi) is 4.33. The van der Waals surface area contributed by atoms with E-state index < -0.39 is 11.1 Å². The van der Waals surface area contributed by atoms with Crippen molar-refractivity contribution in [3.63, 3.8) is 0 Å². The number of alkyl halides is 4. The fourth-order valence-electron chi connectivity index (χ4n) is 2.37. The molecule has 0 aliphatic heterocycles. The van der Waals surface area contributed by atoms with Gasteiger partial charge in [-0.2, -0.15) is 13.2 Å². The predicted octanol–water partition coefficient (Wildman–Crippen LogP) is 5.54. The lowest BCUT2D eigenvalue weighted by molar-refractivity contribution is -0.164. The van der Waals surface area contributed by atoms with Crippen molar-refractivity contribution in [1.29, 1.82) is 0 Å². The maximum absolute atomic E-state index is 13.6. The van der Waals surface area contributed by atoms with Gasteiger partial charge in [0.15, 0.2) is 4.87 Å². The van der Waals surface area contributed by atoms with E-state index in [0.717, 1.165) is 11.1 Å². The molecule has 0 aliphatic rings. The monoisotopic (exact) mass is 312 g/mol. The lowest BCUT2D eigenvalue weighted by atomic mass is 9.88. The zero-order chi connectivity index (χ0) is 15.7. The lowest BCUT2D eigenvalue weighted by Gasteiger charge is -2.31. The number of benzene rings is 2. The summed E-state index contributed by atoms with van der Waals surface area (Å²) in [5, 5.41) is 0. The molecule has 0 N–H and O–H groups in total. The quantitative estimate of drug-likeness (QED) is 0.652. The molecule has 0 aliphatic carbocycles. The Hall–Kier alpha value is -1.48. The van der Waals surface area contributed by atoms with Crippen LogP contribution in [0.3, 0.4) is 0 Å². The van der Waals surface area contributed by atoms with Crippen LogP contribution in [-0.2, 0) is 11.3 Å². The second-order valence-corrected chi connectivity index (χ2v) is 5.92. The van der Waals surface area contributed by atoms with Crippen LogP contribution in [0.2, 0.25) is 0 Å². The molecule has 0 aromatic heterocycles. The molecule has 0 bridgehead atoms. The number of aryl methyl sites for hydroxylation is 2. The average Bonchev–Trinajstić information content (AvgIpc) is 2.41. The van der Waals surface area contributed by atoms with Gasteiger partial charge in [0.05, 0.1) is 0 Å². The smallest absolute Gasteiger partial charge is 0.169 e. The molecule has 0 heterocycles. The molecule has 112 valence electrons. The van der Waals surface area contributed by atoms with Crippen LogP contribution in [0, 0.1) is 13.8 Å². The topological polar surface area (TPSA) is 0 Å². The third-order valence-corrected chi connectivity index (χ3v) is 4.18. The first-order valence-electron chi connectivity index (χ1n) is 6.61. The van der Waals surface area contributed by atoms with Gasteiger partial charge in [0.25, 0.3) is 0 Å². The predicted molar refractivity (Wildman–Crippen MR) is 79.6 cm³/mol. The Labute approximate surface area is 127 Å². The third kappa shape index (κ3) is 3.24. The summed E-state index contributed by atoms with van der Waals surface area (Å²) in [5.74, 6) is 0. The number of hydrogen-bond acceptors (Lipinski definition) is 0. The van der Waals surface area contributed by atoms with E-state index in [4.69, 9.17) is 11.6 Å². The molecule has 1 unspecified atom stereocenters. The molecule has 4 heteroatoms. The van der Waals surface area contributed by atoms with Crippen molar-refractivity contribution in [3.8, 4) is 0 Å². The summed E-state index contributed by atoms with van der Waals surface area (Å²) in [6, 6.07) is 13.0.